The molecule has 0 saturated carbocycles. The molecule has 1 N–H and O–H groups in total. The van der Waals surface area contributed by atoms with Gasteiger partial charge in [0.25, 0.3) is 0 Å². The zero-order valence-corrected chi connectivity index (χ0v) is 6.61. The zero-order valence-electron chi connectivity index (χ0n) is 6.61. The Bertz CT molecular complexity index is 189. The molecule has 0 heterocycles. The van der Waals surface area contributed by atoms with Gasteiger partial charge >= 0.3 is 0 Å². The number of carboxylic acid groups (broad SMARTS) is 2. The van der Waals surface area contributed by atoms with Crippen LogP contribution in [0, 0.1) is 5.41 Å². The van der Waals surface area contributed by atoms with E-state index in [4.69, 9.17) is 5.41 Å². The molecule has 0 spiro atoms. The Morgan fingerprint density at radius 3 is 1.62 bits per heavy atom. The van der Waals surface area contributed by atoms with E-state index in [0.29, 0.717) is 0 Å². The summed E-state index contributed by atoms with van der Waals surface area (Å²) in [5.74, 6) is -4.09. The molecule has 0 saturated heterocycles. The van der Waals surface area contributed by atoms with Gasteiger partial charge in [-0.15, -0.1) is 0 Å². The maximum Gasteiger partial charge on any atom is 0.0555 e. The maximum absolute atomic E-state index is 10.2. The molecule has 0 aromatic rings. The summed E-state index contributed by atoms with van der Waals surface area (Å²) in [7, 11) is 0. The minimum atomic E-state index is -1.51. The SMILES string of the molecule is N=C([O-])CN(CC(=O)[O-])CC(=O)[O-]. The molecule has 7 nitrogen and oxygen atoms in total. The van der Waals surface area contributed by atoms with Crippen LogP contribution in [-0.4, -0.2) is 42.4 Å². The Hall–Kier alpha value is -1.63. The van der Waals surface area contributed by atoms with Gasteiger partial charge in [0.2, 0.25) is 0 Å². The number of hydrogen-bond donors (Lipinski definition) is 1. The summed E-state index contributed by atoms with van der Waals surface area (Å²) in [6, 6.07) is 0. The molecular weight excluding hydrogens is 180 g/mol. The predicted molar refractivity (Wildman–Crippen MR) is 34.2 cm³/mol. The first-order valence-electron chi connectivity index (χ1n) is 3.28. The van der Waals surface area contributed by atoms with E-state index in [2.05, 4.69) is 0 Å². The van der Waals surface area contributed by atoms with Crippen molar-refractivity contribution in [2.24, 2.45) is 0 Å². The first-order valence-corrected chi connectivity index (χ1v) is 3.28. The summed E-state index contributed by atoms with van der Waals surface area (Å²) >= 11 is 0. The smallest absolute Gasteiger partial charge is 0.0555 e. The molecule has 0 aromatic carbocycles. The van der Waals surface area contributed by atoms with E-state index in [1.54, 1.807) is 0 Å². The lowest BCUT2D eigenvalue weighted by molar-refractivity contribution is -0.310. The van der Waals surface area contributed by atoms with E-state index >= 15 is 0 Å². The lowest BCUT2D eigenvalue weighted by atomic mass is 10.4. The second-order valence-corrected chi connectivity index (χ2v) is 2.31. The van der Waals surface area contributed by atoms with Crippen molar-refractivity contribution in [1.82, 2.24) is 4.90 Å². The fourth-order valence-electron chi connectivity index (χ4n) is 0.736. The normalized spacial score (nSPS) is 9.92. The van der Waals surface area contributed by atoms with Gasteiger partial charge in [0, 0.05) is 19.6 Å². The summed E-state index contributed by atoms with van der Waals surface area (Å²) in [5, 5.41) is 36.8. The van der Waals surface area contributed by atoms with Crippen molar-refractivity contribution >= 4 is 17.8 Å². The maximum atomic E-state index is 10.2. The summed E-state index contributed by atoms with van der Waals surface area (Å²) < 4.78 is 0. The largest absolute Gasteiger partial charge is 0.861 e. The number of nitrogens with zero attached hydrogens (tertiary/aromatic N) is 1. The molecule has 74 valence electrons. The van der Waals surface area contributed by atoms with Crippen LogP contribution in [0.3, 0.4) is 0 Å². The number of aliphatic carboxylic acids is 2. The van der Waals surface area contributed by atoms with Gasteiger partial charge in [-0.1, -0.05) is 0 Å². The highest BCUT2D eigenvalue weighted by atomic mass is 16.4. The van der Waals surface area contributed by atoms with Crippen LogP contribution in [0.2, 0.25) is 0 Å². The third-order valence-electron chi connectivity index (χ3n) is 1.07. The van der Waals surface area contributed by atoms with Crippen molar-refractivity contribution in [3.8, 4) is 0 Å². The van der Waals surface area contributed by atoms with E-state index in [0.717, 1.165) is 4.90 Å². The molecule has 0 aromatic heterocycles. The number of rotatable bonds is 6. The fraction of sp³-hybridized carbons (Fsp3) is 0.500. The molecule has 0 amide bonds. The summed E-state index contributed by atoms with van der Waals surface area (Å²) in [4.78, 5) is 20.8. The Labute approximate surface area is 73.7 Å². The monoisotopic (exact) mass is 187 g/mol. The zero-order chi connectivity index (χ0) is 10.4. The number of hydrogen-bond acceptors (Lipinski definition) is 7. The first kappa shape index (κ1) is 11.4. The van der Waals surface area contributed by atoms with Crippen molar-refractivity contribution in [2.75, 3.05) is 19.6 Å². The first-order chi connectivity index (χ1) is 5.91. The van der Waals surface area contributed by atoms with Crippen LogP contribution in [0.5, 0.6) is 0 Å². The minimum absolute atomic E-state index is 0.568. The standard InChI is InChI=1S/C6H10N2O5/c7-4(9)1-8(2-5(10)11)3-6(12)13/h1-3H2,(H2,7,9)(H,10,11)(H,12,13)/p-3. The second-order valence-electron chi connectivity index (χ2n) is 2.31. The van der Waals surface area contributed by atoms with Gasteiger partial charge in [-0.2, -0.15) is 0 Å². The van der Waals surface area contributed by atoms with Gasteiger partial charge in [0.15, 0.2) is 0 Å². The number of carbonyl (C=O) groups excluding carboxylic acids is 2. The molecule has 0 aliphatic heterocycles. The van der Waals surface area contributed by atoms with Crippen LogP contribution in [0.25, 0.3) is 0 Å². The Balaban J connectivity index is 4.10. The number of carbonyl (C=O) groups is 2. The van der Waals surface area contributed by atoms with Gasteiger partial charge < -0.3 is 30.3 Å². The van der Waals surface area contributed by atoms with Crippen LogP contribution in [0.15, 0.2) is 0 Å². The van der Waals surface area contributed by atoms with E-state index < -0.39 is 37.5 Å². The summed E-state index contributed by atoms with van der Waals surface area (Å²) in [6.07, 6.45) is 0. The molecule has 0 bridgehead atoms. The molecule has 7 heteroatoms. The van der Waals surface area contributed by atoms with Crippen molar-refractivity contribution in [3.63, 3.8) is 0 Å². The van der Waals surface area contributed by atoms with Crippen LogP contribution < -0.4 is 15.3 Å². The van der Waals surface area contributed by atoms with Crippen molar-refractivity contribution in [1.29, 1.82) is 5.41 Å². The third kappa shape index (κ3) is 6.76. The third-order valence-corrected chi connectivity index (χ3v) is 1.07. The van der Waals surface area contributed by atoms with Gasteiger partial charge in [-0.3, -0.25) is 4.90 Å². The number of carboxylic acids is 2. The molecule has 0 fully saturated rings. The Morgan fingerprint density at radius 2 is 1.38 bits per heavy atom. The van der Waals surface area contributed by atoms with Crippen LogP contribution in [-0.2, 0) is 9.59 Å². The van der Waals surface area contributed by atoms with Crippen LogP contribution in [0.4, 0.5) is 0 Å². The Morgan fingerprint density at radius 1 is 1.00 bits per heavy atom. The molecule has 0 aliphatic rings. The molecule has 0 rings (SSSR count). The average Bonchev–Trinajstić information content (AvgIpc) is 1.80. The van der Waals surface area contributed by atoms with E-state index in [-0.39, 0.29) is 0 Å². The highest BCUT2D eigenvalue weighted by Gasteiger charge is 2.04. The highest BCUT2D eigenvalue weighted by molar-refractivity contribution is 5.74. The highest BCUT2D eigenvalue weighted by Crippen LogP contribution is 1.84. The number of nitrogens with one attached hydrogen (secondary N) is 1. The molecular formula is C6H7N2O5-3. The van der Waals surface area contributed by atoms with E-state index in [1.807, 2.05) is 0 Å². The van der Waals surface area contributed by atoms with Crippen LogP contribution >= 0.6 is 0 Å². The van der Waals surface area contributed by atoms with Crippen molar-refractivity contribution in [3.05, 3.63) is 0 Å². The lowest BCUT2D eigenvalue weighted by Gasteiger charge is -2.24. The Kier molecular flexibility index (Phi) is 4.45. The molecule has 0 aliphatic carbocycles. The van der Waals surface area contributed by atoms with Crippen LogP contribution in [0.1, 0.15) is 0 Å². The van der Waals surface area contributed by atoms with E-state index in [1.165, 1.54) is 0 Å². The quantitative estimate of drug-likeness (QED) is 0.327. The van der Waals surface area contributed by atoms with Gasteiger partial charge in [-0.05, 0) is 5.90 Å². The molecule has 0 unspecified atom stereocenters. The van der Waals surface area contributed by atoms with Crippen molar-refractivity contribution in [2.45, 2.75) is 0 Å². The summed E-state index contributed by atoms with van der Waals surface area (Å²) in [5.41, 5.74) is 0. The second kappa shape index (κ2) is 5.09. The van der Waals surface area contributed by atoms with Gasteiger partial charge in [0.05, 0.1) is 11.9 Å². The fourth-order valence-corrected chi connectivity index (χ4v) is 0.736. The minimum Gasteiger partial charge on any atom is -0.861 e. The van der Waals surface area contributed by atoms with Gasteiger partial charge in [0.1, 0.15) is 0 Å². The molecule has 0 radical (unpaired) electrons. The summed E-state index contributed by atoms with van der Waals surface area (Å²) in [6.45, 7) is -1.99. The molecule has 13 heavy (non-hydrogen) atoms. The van der Waals surface area contributed by atoms with E-state index in [9.17, 15) is 24.9 Å². The van der Waals surface area contributed by atoms with Crippen molar-refractivity contribution < 1.29 is 24.9 Å². The lowest BCUT2D eigenvalue weighted by Crippen LogP contribution is -2.47. The van der Waals surface area contributed by atoms with Gasteiger partial charge in [-0.25, -0.2) is 0 Å². The molecule has 0 atom stereocenters. The average molecular weight is 187 g/mol. The topological polar surface area (TPSA) is 130 Å². The predicted octanol–water partition coefficient (Wildman–Crippen LogP) is -4.87.